The molecule has 0 radical (unpaired) electrons. The second-order valence-electron chi connectivity index (χ2n) is 7.98. The zero-order valence-electron chi connectivity index (χ0n) is 17.7. The van der Waals surface area contributed by atoms with E-state index in [9.17, 15) is 9.90 Å². The molecule has 0 aromatic heterocycles. The van der Waals surface area contributed by atoms with Crippen LogP contribution < -0.4 is 19.1 Å². The lowest BCUT2D eigenvalue weighted by Crippen LogP contribution is -3.14. The van der Waals surface area contributed by atoms with Gasteiger partial charge in [0.15, 0.2) is 23.0 Å². The number of allylic oxidation sites excluding steroid dienone is 1. The number of likely N-dealkylation sites (tertiary alicyclic amines) is 1. The minimum absolute atomic E-state index is 0.178. The summed E-state index contributed by atoms with van der Waals surface area (Å²) in [6, 6.07) is 9.18. The van der Waals surface area contributed by atoms with Gasteiger partial charge in [0.2, 0.25) is 5.78 Å². The summed E-state index contributed by atoms with van der Waals surface area (Å²) in [5, 5.41) is 10.5. The van der Waals surface area contributed by atoms with Crippen LogP contribution >= 0.6 is 0 Å². The lowest BCUT2D eigenvalue weighted by Gasteiger charge is -2.30. The van der Waals surface area contributed by atoms with Gasteiger partial charge in [-0.3, -0.25) is 4.79 Å². The molecule has 1 fully saturated rings. The first-order chi connectivity index (χ1) is 14.5. The fraction of sp³-hybridized carbons (Fsp3) is 0.375. The lowest BCUT2D eigenvalue weighted by atomic mass is 10.0. The van der Waals surface area contributed by atoms with Gasteiger partial charge < -0.3 is 24.2 Å². The van der Waals surface area contributed by atoms with Gasteiger partial charge in [-0.1, -0.05) is 6.07 Å². The van der Waals surface area contributed by atoms with Gasteiger partial charge in [0.05, 0.1) is 37.9 Å². The zero-order valence-corrected chi connectivity index (χ0v) is 17.7. The number of hydrogen-bond acceptors (Lipinski definition) is 5. The molecule has 0 amide bonds. The molecule has 2 heterocycles. The number of piperidine rings is 1. The monoisotopic (exact) mass is 410 g/mol. The number of benzene rings is 2. The summed E-state index contributed by atoms with van der Waals surface area (Å²) in [7, 11) is 3.15. The number of Topliss-reactive ketones (excluding diaryl/α,β-unsaturated/α-hetero) is 1. The van der Waals surface area contributed by atoms with Gasteiger partial charge in [0.25, 0.3) is 0 Å². The van der Waals surface area contributed by atoms with E-state index in [0.29, 0.717) is 41.0 Å². The molecule has 30 heavy (non-hydrogen) atoms. The molecule has 2 aliphatic heterocycles. The number of nitrogens with one attached hydrogen (secondary N) is 1. The van der Waals surface area contributed by atoms with Gasteiger partial charge in [-0.2, -0.15) is 0 Å². The van der Waals surface area contributed by atoms with E-state index in [1.165, 1.54) is 24.2 Å². The third kappa shape index (κ3) is 3.75. The zero-order chi connectivity index (χ0) is 21.3. The standard InChI is InChI=1S/C24H27NO5/c1-15-6-4-5-11-25(15)14-18-19(26)9-8-17-23(27)22(30-24(17)18)13-16-7-10-20(28-2)21(12-16)29-3/h7-10,12-13,15,26H,4-6,11,14H2,1-3H3/p+1/t15-/m1/s1. The van der Waals surface area contributed by atoms with Crippen LogP contribution in [0.5, 0.6) is 23.0 Å². The van der Waals surface area contributed by atoms with Crippen LogP contribution in [0.4, 0.5) is 0 Å². The van der Waals surface area contributed by atoms with Crippen LogP contribution in [0.2, 0.25) is 0 Å². The maximum atomic E-state index is 13.0. The van der Waals surface area contributed by atoms with Gasteiger partial charge in [0.1, 0.15) is 12.3 Å². The van der Waals surface area contributed by atoms with Crippen LogP contribution in [-0.4, -0.2) is 37.7 Å². The molecule has 6 nitrogen and oxygen atoms in total. The summed E-state index contributed by atoms with van der Waals surface area (Å²) in [4.78, 5) is 14.4. The van der Waals surface area contributed by atoms with E-state index >= 15 is 0 Å². The van der Waals surface area contributed by atoms with Crippen molar-refractivity contribution in [1.82, 2.24) is 0 Å². The van der Waals surface area contributed by atoms with Crippen LogP contribution in [0.3, 0.4) is 0 Å². The summed E-state index contributed by atoms with van der Waals surface area (Å²) in [6.07, 6.45) is 5.30. The maximum absolute atomic E-state index is 13.0. The Hall–Kier alpha value is -2.99. The highest BCUT2D eigenvalue weighted by Crippen LogP contribution is 2.39. The quantitative estimate of drug-likeness (QED) is 0.742. The number of carbonyl (C=O) groups excluding carboxylic acids is 1. The van der Waals surface area contributed by atoms with Crippen molar-refractivity contribution in [1.29, 1.82) is 0 Å². The van der Waals surface area contributed by atoms with E-state index in [2.05, 4.69) is 6.92 Å². The highest BCUT2D eigenvalue weighted by molar-refractivity contribution is 6.15. The van der Waals surface area contributed by atoms with Gasteiger partial charge in [0, 0.05) is 0 Å². The molecule has 158 valence electrons. The molecule has 1 unspecified atom stereocenters. The van der Waals surface area contributed by atoms with Crippen molar-refractivity contribution < 1.29 is 29.0 Å². The van der Waals surface area contributed by atoms with Crippen LogP contribution in [-0.2, 0) is 6.54 Å². The predicted octanol–water partition coefficient (Wildman–Crippen LogP) is 2.98. The van der Waals surface area contributed by atoms with Crippen LogP contribution in [0.25, 0.3) is 6.08 Å². The fourth-order valence-electron chi connectivity index (χ4n) is 4.30. The Morgan fingerprint density at radius 3 is 2.70 bits per heavy atom. The average Bonchev–Trinajstić information content (AvgIpc) is 3.07. The van der Waals surface area contributed by atoms with Crippen LogP contribution in [0, 0.1) is 0 Å². The van der Waals surface area contributed by atoms with Crippen molar-refractivity contribution in [2.75, 3.05) is 20.8 Å². The molecule has 2 atom stereocenters. The second-order valence-corrected chi connectivity index (χ2v) is 7.98. The molecule has 2 aromatic carbocycles. The number of aromatic hydroxyl groups is 1. The third-order valence-electron chi connectivity index (χ3n) is 6.11. The summed E-state index contributed by atoms with van der Waals surface area (Å²) in [6.45, 7) is 3.95. The SMILES string of the molecule is COc1ccc(C=C2Oc3c(ccc(O)c3C[NH+]3CCCC[C@H]3C)C2=O)cc1OC. The van der Waals surface area contributed by atoms with Crippen molar-refractivity contribution >= 4 is 11.9 Å². The largest absolute Gasteiger partial charge is 0.507 e. The Balaban J connectivity index is 1.65. The average molecular weight is 410 g/mol. The topological polar surface area (TPSA) is 69.4 Å². The fourth-order valence-corrected chi connectivity index (χ4v) is 4.30. The molecular formula is C24H28NO5+. The highest BCUT2D eigenvalue weighted by atomic mass is 16.5. The number of rotatable bonds is 5. The molecular weight excluding hydrogens is 382 g/mol. The van der Waals surface area contributed by atoms with E-state index in [1.54, 1.807) is 44.6 Å². The molecule has 0 aliphatic carbocycles. The van der Waals surface area contributed by atoms with E-state index in [4.69, 9.17) is 14.2 Å². The Morgan fingerprint density at radius 1 is 1.17 bits per heavy atom. The summed E-state index contributed by atoms with van der Waals surface area (Å²) < 4.78 is 16.6. The number of phenolic OH excluding ortho intramolecular Hbond substituents is 1. The van der Waals surface area contributed by atoms with Gasteiger partial charge in [-0.05, 0) is 62.1 Å². The number of carbonyl (C=O) groups is 1. The first-order valence-electron chi connectivity index (χ1n) is 10.4. The Bertz CT molecular complexity index is 997. The molecule has 4 rings (SSSR count). The predicted molar refractivity (Wildman–Crippen MR) is 113 cm³/mol. The minimum atomic E-state index is -0.178. The molecule has 6 heteroatoms. The van der Waals surface area contributed by atoms with E-state index in [-0.39, 0.29) is 17.3 Å². The lowest BCUT2D eigenvalue weighted by molar-refractivity contribution is -0.941. The number of quaternary nitrogens is 1. The molecule has 1 saturated heterocycles. The highest BCUT2D eigenvalue weighted by Gasteiger charge is 2.33. The van der Waals surface area contributed by atoms with Gasteiger partial charge in [-0.15, -0.1) is 0 Å². The Morgan fingerprint density at radius 2 is 1.97 bits per heavy atom. The normalized spacial score (nSPS) is 22.0. The van der Waals surface area contributed by atoms with Crippen molar-refractivity contribution in [3.05, 3.63) is 52.8 Å². The smallest absolute Gasteiger partial charge is 0.231 e. The molecule has 0 saturated carbocycles. The number of methoxy groups -OCH3 is 2. The summed E-state index contributed by atoms with van der Waals surface area (Å²) >= 11 is 0. The first kappa shape index (κ1) is 20.3. The van der Waals surface area contributed by atoms with Crippen molar-refractivity contribution in [3.8, 4) is 23.0 Å². The van der Waals surface area contributed by atoms with Gasteiger partial charge in [-0.25, -0.2) is 0 Å². The van der Waals surface area contributed by atoms with E-state index in [0.717, 1.165) is 12.1 Å². The van der Waals surface area contributed by atoms with Crippen LogP contribution in [0.15, 0.2) is 36.1 Å². The number of phenols is 1. The number of fused-ring (bicyclic) bond motifs is 1. The number of hydrogen-bond donors (Lipinski definition) is 2. The third-order valence-corrected chi connectivity index (χ3v) is 6.11. The molecule has 2 aromatic rings. The van der Waals surface area contributed by atoms with Crippen molar-refractivity contribution in [2.45, 2.75) is 38.8 Å². The minimum Gasteiger partial charge on any atom is -0.507 e. The van der Waals surface area contributed by atoms with E-state index < -0.39 is 0 Å². The first-order valence-corrected chi connectivity index (χ1v) is 10.4. The molecule has 2 aliphatic rings. The van der Waals surface area contributed by atoms with E-state index in [1.807, 2.05) is 6.07 Å². The summed E-state index contributed by atoms with van der Waals surface area (Å²) in [5.41, 5.74) is 1.98. The maximum Gasteiger partial charge on any atom is 0.231 e. The molecule has 0 bridgehead atoms. The molecule has 0 spiro atoms. The van der Waals surface area contributed by atoms with Crippen molar-refractivity contribution in [3.63, 3.8) is 0 Å². The summed E-state index contributed by atoms with van der Waals surface area (Å²) in [5.74, 6) is 1.92. The molecule has 2 N–H and O–H groups in total. The van der Waals surface area contributed by atoms with Crippen LogP contribution in [0.1, 0.15) is 47.7 Å². The second kappa shape index (κ2) is 8.40. The van der Waals surface area contributed by atoms with Crippen molar-refractivity contribution in [2.24, 2.45) is 0 Å². The number of ether oxygens (including phenoxy) is 3. The Labute approximate surface area is 176 Å². The van der Waals surface area contributed by atoms with Gasteiger partial charge >= 0.3 is 0 Å². The Kier molecular flexibility index (Phi) is 5.68. The number of ketones is 1.